The molecular formula is C21H28O5. The molecule has 1 aromatic rings. The molecule has 1 saturated heterocycles. The Morgan fingerprint density at radius 1 is 1.23 bits per heavy atom. The summed E-state index contributed by atoms with van der Waals surface area (Å²) < 4.78 is 16.0. The van der Waals surface area contributed by atoms with Gasteiger partial charge in [-0.3, -0.25) is 4.79 Å². The molecule has 1 aliphatic rings. The summed E-state index contributed by atoms with van der Waals surface area (Å²) in [6, 6.07) is 7.29. The third-order valence-electron chi connectivity index (χ3n) is 5.04. The van der Waals surface area contributed by atoms with Crippen LogP contribution in [0.5, 0.6) is 5.75 Å². The number of cyclic esters (lactones) is 1. The van der Waals surface area contributed by atoms with Crippen molar-refractivity contribution in [2.24, 2.45) is 5.41 Å². The van der Waals surface area contributed by atoms with Crippen LogP contribution in [0.3, 0.4) is 0 Å². The van der Waals surface area contributed by atoms with Crippen LogP contribution in [0.4, 0.5) is 0 Å². The molecule has 0 aromatic heterocycles. The summed E-state index contributed by atoms with van der Waals surface area (Å²) in [6.45, 7) is 7.75. The molecule has 2 atom stereocenters. The summed E-state index contributed by atoms with van der Waals surface area (Å²) in [5.41, 5.74) is -0.105. The highest BCUT2D eigenvalue weighted by molar-refractivity contribution is 6.00. The van der Waals surface area contributed by atoms with Gasteiger partial charge in [-0.05, 0) is 37.5 Å². The van der Waals surface area contributed by atoms with Crippen LogP contribution in [0.15, 0.2) is 36.4 Å². The molecule has 1 aliphatic heterocycles. The van der Waals surface area contributed by atoms with Gasteiger partial charge in [0.05, 0.1) is 12.7 Å². The van der Waals surface area contributed by atoms with E-state index in [0.29, 0.717) is 6.42 Å². The Morgan fingerprint density at radius 3 is 2.54 bits per heavy atom. The molecule has 26 heavy (non-hydrogen) atoms. The molecule has 5 nitrogen and oxygen atoms in total. The fourth-order valence-corrected chi connectivity index (χ4v) is 3.10. The van der Waals surface area contributed by atoms with Crippen LogP contribution in [-0.4, -0.2) is 25.2 Å². The van der Waals surface area contributed by atoms with Gasteiger partial charge in [0.2, 0.25) is 0 Å². The minimum absolute atomic E-state index is 0.127. The predicted molar refractivity (Wildman–Crippen MR) is 98.7 cm³/mol. The van der Waals surface area contributed by atoms with Crippen LogP contribution in [-0.2, 0) is 25.7 Å². The van der Waals surface area contributed by atoms with Crippen molar-refractivity contribution in [1.29, 1.82) is 0 Å². The Hall–Kier alpha value is -2.30. The predicted octanol–water partition coefficient (Wildman–Crippen LogP) is 4.20. The van der Waals surface area contributed by atoms with E-state index < -0.39 is 23.5 Å². The van der Waals surface area contributed by atoms with Crippen LogP contribution in [0.2, 0.25) is 0 Å². The third-order valence-corrected chi connectivity index (χ3v) is 5.04. The van der Waals surface area contributed by atoms with Crippen molar-refractivity contribution in [2.75, 3.05) is 7.11 Å². The average molecular weight is 360 g/mol. The normalized spacial score (nSPS) is 22.2. The standard InChI is InChI=1S/C21H28O5/c1-5-6-7-8-9-18-21(3,15(2)19(22)26-18)20(23)25-14-16-10-12-17(24-4)13-11-16/h10-13,18H,2,5-9,14H2,1,3-4H3/t18-,21+/m1/s1. The summed E-state index contributed by atoms with van der Waals surface area (Å²) >= 11 is 0. The van der Waals surface area contributed by atoms with Gasteiger partial charge in [0.1, 0.15) is 23.9 Å². The molecule has 0 unspecified atom stereocenters. The molecule has 0 aliphatic carbocycles. The summed E-state index contributed by atoms with van der Waals surface area (Å²) in [6.07, 6.45) is 4.33. The maximum absolute atomic E-state index is 12.8. The molecule has 1 heterocycles. The zero-order valence-electron chi connectivity index (χ0n) is 15.9. The largest absolute Gasteiger partial charge is 0.497 e. The summed E-state index contributed by atoms with van der Waals surface area (Å²) in [7, 11) is 1.60. The summed E-state index contributed by atoms with van der Waals surface area (Å²) in [5, 5.41) is 0. The van der Waals surface area contributed by atoms with E-state index in [0.717, 1.165) is 37.0 Å². The van der Waals surface area contributed by atoms with Gasteiger partial charge < -0.3 is 14.2 Å². The maximum atomic E-state index is 12.8. The topological polar surface area (TPSA) is 61.8 Å². The molecule has 142 valence electrons. The van der Waals surface area contributed by atoms with E-state index in [-0.39, 0.29) is 12.2 Å². The van der Waals surface area contributed by atoms with Crippen LogP contribution in [0, 0.1) is 5.41 Å². The van der Waals surface area contributed by atoms with Gasteiger partial charge in [-0.1, -0.05) is 44.9 Å². The van der Waals surface area contributed by atoms with Crippen LogP contribution >= 0.6 is 0 Å². The highest BCUT2D eigenvalue weighted by atomic mass is 16.6. The molecule has 0 bridgehead atoms. The first-order valence-corrected chi connectivity index (χ1v) is 9.14. The smallest absolute Gasteiger partial charge is 0.335 e. The number of hydrogen-bond donors (Lipinski definition) is 0. The van der Waals surface area contributed by atoms with Crippen molar-refractivity contribution in [3.05, 3.63) is 42.0 Å². The zero-order chi connectivity index (χ0) is 19.2. The second kappa shape index (κ2) is 8.88. The second-order valence-electron chi connectivity index (χ2n) is 6.85. The van der Waals surface area contributed by atoms with Gasteiger partial charge in [0.15, 0.2) is 0 Å². The van der Waals surface area contributed by atoms with Crippen molar-refractivity contribution in [1.82, 2.24) is 0 Å². The highest BCUT2D eigenvalue weighted by Crippen LogP contribution is 2.42. The summed E-state index contributed by atoms with van der Waals surface area (Å²) in [5.74, 6) is -0.235. The lowest BCUT2D eigenvalue weighted by atomic mass is 9.78. The Balaban J connectivity index is 2.01. The quantitative estimate of drug-likeness (QED) is 0.375. The summed E-state index contributed by atoms with van der Waals surface area (Å²) in [4.78, 5) is 24.8. The first-order valence-electron chi connectivity index (χ1n) is 9.14. The van der Waals surface area contributed by atoms with Gasteiger partial charge in [-0.2, -0.15) is 0 Å². The molecule has 1 aromatic carbocycles. The Kier molecular flexibility index (Phi) is 6.83. The number of ether oxygens (including phenoxy) is 3. The monoisotopic (exact) mass is 360 g/mol. The number of methoxy groups -OCH3 is 1. The number of carbonyl (C=O) groups excluding carboxylic acids is 2. The zero-order valence-corrected chi connectivity index (χ0v) is 15.9. The molecule has 5 heteroatoms. The number of benzene rings is 1. The van der Waals surface area contributed by atoms with Crippen molar-refractivity contribution in [3.8, 4) is 5.75 Å². The Labute approximate surface area is 155 Å². The first-order chi connectivity index (χ1) is 12.4. The molecule has 2 rings (SSSR count). The fraction of sp³-hybridized carbons (Fsp3) is 0.524. The van der Waals surface area contributed by atoms with Crippen molar-refractivity contribution >= 4 is 11.9 Å². The first kappa shape index (κ1) is 20.0. The van der Waals surface area contributed by atoms with Crippen molar-refractivity contribution < 1.29 is 23.8 Å². The molecule has 1 fully saturated rings. The SMILES string of the molecule is C=C1C(=O)O[C@H](CCCCCC)[C@@]1(C)C(=O)OCc1ccc(OC)cc1. The second-order valence-corrected chi connectivity index (χ2v) is 6.85. The lowest BCUT2D eigenvalue weighted by molar-refractivity contribution is -0.158. The molecule has 0 saturated carbocycles. The van der Waals surface area contributed by atoms with Gasteiger partial charge >= 0.3 is 11.9 Å². The van der Waals surface area contributed by atoms with Gasteiger partial charge in [-0.15, -0.1) is 0 Å². The fourth-order valence-electron chi connectivity index (χ4n) is 3.10. The van der Waals surface area contributed by atoms with E-state index in [2.05, 4.69) is 13.5 Å². The number of rotatable bonds is 9. The van der Waals surface area contributed by atoms with Gasteiger partial charge in [0.25, 0.3) is 0 Å². The van der Waals surface area contributed by atoms with Gasteiger partial charge in [-0.25, -0.2) is 4.79 Å². The van der Waals surface area contributed by atoms with E-state index in [1.807, 2.05) is 24.3 Å². The van der Waals surface area contributed by atoms with Crippen molar-refractivity contribution in [3.63, 3.8) is 0 Å². The number of hydrogen-bond acceptors (Lipinski definition) is 5. The lowest BCUT2D eigenvalue weighted by Gasteiger charge is -2.27. The molecule has 0 spiro atoms. The molecule has 0 amide bonds. The maximum Gasteiger partial charge on any atom is 0.335 e. The van der Waals surface area contributed by atoms with Crippen LogP contribution in [0.1, 0.15) is 51.5 Å². The molecule has 0 N–H and O–H groups in total. The lowest BCUT2D eigenvalue weighted by Crippen LogP contribution is -2.38. The van der Waals surface area contributed by atoms with E-state index in [9.17, 15) is 9.59 Å². The van der Waals surface area contributed by atoms with Crippen LogP contribution < -0.4 is 4.74 Å². The molecule has 0 radical (unpaired) electrons. The van der Waals surface area contributed by atoms with Crippen molar-refractivity contribution in [2.45, 2.75) is 58.7 Å². The third kappa shape index (κ3) is 4.26. The Morgan fingerprint density at radius 2 is 1.92 bits per heavy atom. The van der Waals surface area contributed by atoms with E-state index >= 15 is 0 Å². The molecular weight excluding hydrogens is 332 g/mol. The minimum Gasteiger partial charge on any atom is -0.497 e. The number of unbranched alkanes of at least 4 members (excludes halogenated alkanes) is 3. The van der Waals surface area contributed by atoms with E-state index in [1.54, 1.807) is 14.0 Å². The highest BCUT2D eigenvalue weighted by Gasteiger charge is 2.55. The van der Waals surface area contributed by atoms with Gasteiger partial charge in [0, 0.05) is 0 Å². The Bertz CT molecular complexity index is 649. The minimum atomic E-state index is -1.13. The number of esters is 2. The average Bonchev–Trinajstić information content (AvgIpc) is 2.88. The van der Waals surface area contributed by atoms with E-state index in [1.165, 1.54) is 0 Å². The number of carbonyl (C=O) groups is 2. The van der Waals surface area contributed by atoms with Crippen LogP contribution in [0.25, 0.3) is 0 Å². The van der Waals surface area contributed by atoms with E-state index in [4.69, 9.17) is 14.2 Å².